The number of benzene rings is 2. The first-order valence-electron chi connectivity index (χ1n) is 7.39. The fraction of sp³-hybridized carbons (Fsp3) is 0.158. The molecule has 0 spiro atoms. The van der Waals surface area contributed by atoms with Crippen molar-refractivity contribution in [2.24, 2.45) is 0 Å². The van der Waals surface area contributed by atoms with Crippen LogP contribution in [0.1, 0.15) is 13.8 Å². The molecule has 5 heteroatoms. The van der Waals surface area contributed by atoms with Crippen LogP contribution in [-0.2, 0) is 4.79 Å². The molecule has 0 aliphatic carbocycles. The first-order chi connectivity index (χ1) is 11.4. The van der Waals surface area contributed by atoms with E-state index in [1.807, 2.05) is 29.8 Å². The van der Waals surface area contributed by atoms with Gasteiger partial charge in [0.1, 0.15) is 4.75 Å². The van der Waals surface area contributed by atoms with Crippen LogP contribution in [0.5, 0.6) is 0 Å². The zero-order valence-electron chi connectivity index (χ0n) is 13.5. The minimum absolute atomic E-state index is 0.889. The second-order valence-corrected chi connectivity index (χ2v) is 7.60. The van der Waals surface area contributed by atoms with Crippen molar-refractivity contribution in [3.05, 3.63) is 66.2 Å². The molecule has 0 fully saturated rings. The van der Waals surface area contributed by atoms with E-state index in [9.17, 15) is 4.79 Å². The number of thiol groups is 1. The lowest BCUT2D eigenvalue weighted by atomic mass is 10.1. The van der Waals surface area contributed by atoms with Gasteiger partial charge in [-0.15, -0.1) is 11.3 Å². The number of aromatic nitrogens is 1. The summed E-state index contributed by atoms with van der Waals surface area (Å²) < 4.78 is -0.889. The Morgan fingerprint density at radius 2 is 1.46 bits per heavy atom. The van der Waals surface area contributed by atoms with Gasteiger partial charge < -0.3 is 5.11 Å². The Morgan fingerprint density at radius 1 is 1.00 bits per heavy atom. The van der Waals surface area contributed by atoms with Crippen LogP contribution in [0.2, 0.25) is 0 Å². The molecule has 0 atom stereocenters. The summed E-state index contributed by atoms with van der Waals surface area (Å²) in [6.07, 6.45) is 0. The van der Waals surface area contributed by atoms with E-state index < -0.39 is 10.7 Å². The normalized spacial score (nSPS) is 10.6. The lowest BCUT2D eigenvalue weighted by Crippen LogP contribution is -2.23. The predicted molar refractivity (Wildman–Crippen MR) is 104 cm³/mol. The fourth-order valence-electron chi connectivity index (χ4n) is 1.84. The van der Waals surface area contributed by atoms with Crippen LogP contribution < -0.4 is 0 Å². The third kappa shape index (κ3) is 4.94. The summed E-state index contributed by atoms with van der Waals surface area (Å²) in [6.45, 7) is 3.05. The molecule has 3 nitrogen and oxygen atoms in total. The van der Waals surface area contributed by atoms with Gasteiger partial charge in [0.15, 0.2) is 0 Å². The molecule has 0 unspecified atom stereocenters. The van der Waals surface area contributed by atoms with Gasteiger partial charge in [-0.25, -0.2) is 4.98 Å². The van der Waals surface area contributed by atoms with Crippen molar-refractivity contribution in [3.63, 3.8) is 0 Å². The largest absolute Gasteiger partial charge is 0.480 e. The number of thiazole rings is 1. The second kappa shape index (κ2) is 8.13. The third-order valence-corrected chi connectivity index (χ3v) is 4.24. The number of carboxylic acids is 1. The number of hydrogen-bond acceptors (Lipinski definition) is 4. The van der Waals surface area contributed by atoms with Crippen LogP contribution in [0.3, 0.4) is 0 Å². The summed E-state index contributed by atoms with van der Waals surface area (Å²) in [5, 5.41) is 8.17. The minimum atomic E-state index is -0.893. The summed E-state index contributed by atoms with van der Waals surface area (Å²) in [6, 6.07) is 20.7. The molecule has 124 valence electrons. The Hall–Kier alpha value is -2.11. The van der Waals surface area contributed by atoms with Crippen LogP contribution in [0.15, 0.2) is 66.2 Å². The molecule has 1 N–H and O–H groups in total. The molecule has 1 aromatic heterocycles. The number of aliphatic carboxylic acids is 1. The van der Waals surface area contributed by atoms with Crippen LogP contribution in [-0.4, -0.2) is 20.8 Å². The summed E-state index contributed by atoms with van der Waals surface area (Å²) in [5.74, 6) is -0.893. The zero-order valence-corrected chi connectivity index (χ0v) is 15.2. The van der Waals surface area contributed by atoms with Crippen molar-refractivity contribution < 1.29 is 9.90 Å². The predicted octanol–water partition coefficient (Wildman–Crippen LogP) is 5.26. The van der Waals surface area contributed by atoms with Crippen molar-refractivity contribution in [2.75, 3.05) is 0 Å². The zero-order chi connectivity index (χ0) is 17.6. The minimum Gasteiger partial charge on any atom is -0.480 e. The topological polar surface area (TPSA) is 50.2 Å². The molecule has 3 aromatic rings. The second-order valence-electron chi connectivity index (χ2n) is 5.63. The summed E-state index contributed by atoms with van der Waals surface area (Å²) in [5.41, 5.74) is 5.38. The van der Waals surface area contributed by atoms with Crippen molar-refractivity contribution >= 4 is 29.9 Å². The summed E-state index contributed by atoms with van der Waals surface area (Å²) in [4.78, 5) is 15.7. The highest BCUT2D eigenvalue weighted by Crippen LogP contribution is 2.34. The van der Waals surface area contributed by atoms with Gasteiger partial charge >= 0.3 is 5.97 Å². The maximum atomic E-state index is 9.94. The molecule has 0 aliphatic heterocycles. The average Bonchev–Trinajstić information content (AvgIpc) is 3.06. The van der Waals surface area contributed by atoms with Crippen LogP contribution in [0.4, 0.5) is 0 Å². The first kappa shape index (κ1) is 18.2. The van der Waals surface area contributed by atoms with E-state index in [0.29, 0.717) is 0 Å². The fourth-order valence-corrected chi connectivity index (χ4v) is 2.66. The molecule has 0 amide bonds. The Morgan fingerprint density at radius 3 is 1.92 bits per heavy atom. The summed E-state index contributed by atoms with van der Waals surface area (Å²) >= 11 is 5.44. The molecule has 1 heterocycles. The van der Waals surface area contributed by atoms with E-state index in [1.165, 1.54) is 29.9 Å². The molecular weight excluding hydrogens is 338 g/mol. The van der Waals surface area contributed by atoms with Gasteiger partial charge in [0.05, 0.1) is 16.1 Å². The smallest absolute Gasteiger partial charge is 0.318 e. The van der Waals surface area contributed by atoms with Gasteiger partial charge in [0, 0.05) is 5.56 Å². The van der Waals surface area contributed by atoms with Crippen molar-refractivity contribution in [2.45, 2.75) is 18.6 Å². The van der Waals surface area contributed by atoms with Gasteiger partial charge in [-0.2, -0.15) is 12.6 Å². The van der Waals surface area contributed by atoms with E-state index in [1.54, 1.807) is 11.3 Å². The molecule has 2 aromatic carbocycles. The van der Waals surface area contributed by atoms with Crippen LogP contribution in [0.25, 0.3) is 21.7 Å². The van der Waals surface area contributed by atoms with E-state index in [-0.39, 0.29) is 0 Å². The number of hydrogen-bond donors (Lipinski definition) is 2. The lowest BCUT2D eigenvalue weighted by Gasteiger charge is -2.07. The molecule has 0 saturated carbocycles. The Labute approximate surface area is 151 Å². The highest BCUT2D eigenvalue weighted by Gasteiger charge is 2.20. The molecular formula is C19H19NO2S2. The van der Waals surface area contributed by atoms with Gasteiger partial charge in [-0.1, -0.05) is 60.7 Å². The van der Waals surface area contributed by atoms with E-state index >= 15 is 0 Å². The number of carboxylic acid groups (broad SMARTS) is 1. The van der Waals surface area contributed by atoms with Crippen molar-refractivity contribution in [1.29, 1.82) is 0 Å². The van der Waals surface area contributed by atoms with Crippen molar-refractivity contribution in [1.82, 2.24) is 4.98 Å². The standard InChI is InChI=1S/C15H11NS.C4H8O2S/c1-3-7-12(8-4-1)14-15(17-11-16-14)13-9-5-2-6-10-13;1-4(2,7)3(5)6/h1-11H;7H,1-2H3,(H,5,6). The van der Waals surface area contributed by atoms with Crippen LogP contribution >= 0.6 is 24.0 Å². The van der Waals surface area contributed by atoms with Crippen LogP contribution in [0, 0.1) is 0 Å². The van der Waals surface area contributed by atoms with Crippen molar-refractivity contribution in [3.8, 4) is 21.7 Å². The highest BCUT2D eigenvalue weighted by molar-refractivity contribution is 7.82. The number of nitrogens with zero attached hydrogens (tertiary/aromatic N) is 1. The Kier molecular flexibility index (Phi) is 6.17. The highest BCUT2D eigenvalue weighted by atomic mass is 32.1. The monoisotopic (exact) mass is 357 g/mol. The van der Waals surface area contributed by atoms with E-state index in [0.717, 1.165) is 5.69 Å². The van der Waals surface area contributed by atoms with Gasteiger partial charge in [-0.05, 0) is 19.4 Å². The number of rotatable bonds is 3. The molecule has 0 radical (unpaired) electrons. The van der Waals surface area contributed by atoms with Gasteiger partial charge in [0.25, 0.3) is 0 Å². The summed E-state index contributed by atoms with van der Waals surface area (Å²) in [7, 11) is 0. The average molecular weight is 358 g/mol. The lowest BCUT2D eigenvalue weighted by molar-refractivity contribution is -0.138. The quantitative estimate of drug-likeness (QED) is 0.629. The Balaban J connectivity index is 0.000000256. The Bertz CT molecular complexity index is 724. The third-order valence-electron chi connectivity index (χ3n) is 3.17. The maximum Gasteiger partial charge on any atom is 0.318 e. The molecule has 24 heavy (non-hydrogen) atoms. The number of carbonyl (C=O) groups is 1. The maximum absolute atomic E-state index is 9.94. The van der Waals surface area contributed by atoms with Gasteiger partial charge in [-0.3, -0.25) is 4.79 Å². The molecule has 3 rings (SSSR count). The molecule has 0 saturated heterocycles. The SMILES string of the molecule is CC(C)(S)C(=O)O.c1ccc(-c2ncsc2-c2ccccc2)cc1. The molecule has 0 bridgehead atoms. The van der Waals surface area contributed by atoms with E-state index in [4.69, 9.17) is 5.11 Å². The molecule has 0 aliphatic rings. The van der Waals surface area contributed by atoms with Gasteiger partial charge in [0.2, 0.25) is 0 Å². The van der Waals surface area contributed by atoms with E-state index in [2.05, 4.69) is 54.0 Å². The first-order valence-corrected chi connectivity index (χ1v) is 8.72.